The molecule has 0 saturated heterocycles. The molecule has 0 aliphatic carbocycles. The van der Waals surface area contributed by atoms with Crippen molar-refractivity contribution in [3.05, 3.63) is 46.2 Å². The number of anilines is 2. The lowest BCUT2D eigenvalue weighted by molar-refractivity contribution is 0.356. The number of hydrogen-bond donors (Lipinski definition) is 1. The number of rotatable bonds is 4. The molecule has 0 radical (unpaired) electrons. The minimum atomic E-state index is 0.152. The third-order valence-corrected chi connectivity index (χ3v) is 4.16. The smallest absolute Gasteiger partial charge is 0.224 e. The van der Waals surface area contributed by atoms with E-state index in [0.717, 1.165) is 15.5 Å². The molecule has 0 bridgehead atoms. The molecule has 2 aromatic carbocycles. The number of nitrogens with one attached hydrogen (secondary N) is 1. The monoisotopic (exact) mass is 393 g/mol. The molecule has 1 heterocycles. The second kappa shape index (κ2) is 6.60. The van der Waals surface area contributed by atoms with Gasteiger partial charge in [-0.3, -0.25) is 0 Å². The van der Waals surface area contributed by atoms with Gasteiger partial charge in [-0.2, -0.15) is 4.98 Å². The molecule has 0 amide bonds. The molecule has 118 valence electrons. The van der Waals surface area contributed by atoms with Gasteiger partial charge in [0.05, 0.1) is 25.4 Å². The van der Waals surface area contributed by atoms with E-state index in [0.29, 0.717) is 22.8 Å². The minimum absolute atomic E-state index is 0.152. The maximum absolute atomic E-state index is 6.05. The Morgan fingerprint density at radius 1 is 1.04 bits per heavy atom. The predicted molar refractivity (Wildman–Crippen MR) is 95.1 cm³/mol. The molecular formula is C16H13BrClN3O2. The van der Waals surface area contributed by atoms with Crippen LogP contribution < -0.4 is 14.8 Å². The normalized spacial score (nSPS) is 10.6. The predicted octanol–water partition coefficient (Wildman–Crippen LogP) is 4.81. The quantitative estimate of drug-likeness (QED) is 0.644. The Morgan fingerprint density at radius 3 is 2.43 bits per heavy atom. The largest absolute Gasteiger partial charge is 0.493 e. The van der Waals surface area contributed by atoms with Crippen LogP contribution in [0.1, 0.15) is 0 Å². The van der Waals surface area contributed by atoms with E-state index in [4.69, 9.17) is 21.1 Å². The van der Waals surface area contributed by atoms with Crippen LogP contribution in [0.2, 0.25) is 5.28 Å². The molecule has 0 spiro atoms. The molecule has 0 unspecified atom stereocenters. The summed E-state index contributed by atoms with van der Waals surface area (Å²) >= 11 is 9.56. The first-order chi connectivity index (χ1) is 11.1. The van der Waals surface area contributed by atoms with Crippen molar-refractivity contribution in [1.82, 2.24) is 9.97 Å². The van der Waals surface area contributed by atoms with Gasteiger partial charge in [0.1, 0.15) is 5.82 Å². The van der Waals surface area contributed by atoms with E-state index >= 15 is 0 Å². The molecule has 0 aliphatic rings. The van der Waals surface area contributed by atoms with Crippen molar-refractivity contribution >= 4 is 49.9 Å². The van der Waals surface area contributed by atoms with Gasteiger partial charge in [0, 0.05) is 15.9 Å². The summed E-state index contributed by atoms with van der Waals surface area (Å²) in [5.74, 6) is 1.77. The fourth-order valence-electron chi connectivity index (χ4n) is 2.21. The van der Waals surface area contributed by atoms with Crippen molar-refractivity contribution in [3.63, 3.8) is 0 Å². The zero-order valence-corrected chi connectivity index (χ0v) is 14.8. The first-order valence-electron chi connectivity index (χ1n) is 6.73. The maximum Gasteiger partial charge on any atom is 0.224 e. The van der Waals surface area contributed by atoms with Crippen molar-refractivity contribution in [3.8, 4) is 11.5 Å². The third kappa shape index (κ3) is 3.18. The van der Waals surface area contributed by atoms with Gasteiger partial charge in [-0.25, -0.2) is 4.98 Å². The Labute approximate surface area is 146 Å². The average molecular weight is 395 g/mol. The lowest BCUT2D eigenvalue weighted by atomic mass is 10.2. The zero-order valence-electron chi connectivity index (χ0n) is 12.4. The van der Waals surface area contributed by atoms with E-state index in [1.165, 1.54) is 0 Å². The fourth-order valence-corrected chi connectivity index (χ4v) is 2.77. The molecule has 0 atom stereocenters. The van der Waals surface area contributed by atoms with Crippen LogP contribution in [-0.2, 0) is 0 Å². The van der Waals surface area contributed by atoms with Crippen LogP contribution in [0.5, 0.6) is 11.5 Å². The number of para-hydroxylation sites is 1. The highest BCUT2D eigenvalue weighted by atomic mass is 79.9. The molecular weight excluding hydrogens is 382 g/mol. The van der Waals surface area contributed by atoms with Gasteiger partial charge in [0.2, 0.25) is 5.28 Å². The molecule has 3 aromatic rings. The SMILES string of the molecule is COc1cc2nc(Cl)nc(Nc3ccccc3Br)c2cc1OC. The molecule has 3 rings (SSSR count). The van der Waals surface area contributed by atoms with E-state index in [2.05, 4.69) is 31.2 Å². The Hall–Kier alpha value is -2.05. The van der Waals surface area contributed by atoms with Gasteiger partial charge < -0.3 is 14.8 Å². The third-order valence-electron chi connectivity index (χ3n) is 3.30. The number of nitrogens with zero attached hydrogens (tertiary/aromatic N) is 2. The average Bonchev–Trinajstić information content (AvgIpc) is 2.55. The summed E-state index contributed by atoms with van der Waals surface area (Å²) in [4.78, 5) is 8.55. The highest BCUT2D eigenvalue weighted by Crippen LogP contribution is 2.36. The van der Waals surface area contributed by atoms with Crippen LogP contribution >= 0.6 is 27.5 Å². The van der Waals surface area contributed by atoms with Crippen LogP contribution in [0.15, 0.2) is 40.9 Å². The highest BCUT2D eigenvalue weighted by molar-refractivity contribution is 9.10. The first-order valence-corrected chi connectivity index (χ1v) is 7.90. The number of aromatic nitrogens is 2. The number of hydrogen-bond acceptors (Lipinski definition) is 5. The molecule has 0 aliphatic heterocycles. The van der Waals surface area contributed by atoms with Gasteiger partial charge in [0.15, 0.2) is 11.5 Å². The standard InChI is InChI=1S/C16H13BrClN3O2/c1-22-13-7-9-12(8-14(13)23-2)20-16(18)21-15(9)19-11-6-4-3-5-10(11)17/h3-8H,1-2H3,(H,19,20,21). The summed E-state index contributed by atoms with van der Waals surface area (Å²) in [6.07, 6.45) is 0. The lowest BCUT2D eigenvalue weighted by Gasteiger charge is -2.13. The number of fused-ring (bicyclic) bond motifs is 1. The van der Waals surface area contributed by atoms with Gasteiger partial charge >= 0.3 is 0 Å². The second-order valence-corrected chi connectivity index (χ2v) is 5.86. The number of ether oxygens (including phenoxy) is 2. The van der Waals surface area contributed by atoms with Gasteiger partial charge in [-0.05, 0) is 45.7 Å². The van der Waals surface area contributed by atoms with Crippen molar-refractivity contribution in [2.75, 3.05) is 19.5 Å². The van der Waals surface area contributed by atoms with Crippen molar-refractivity contribution in [2.24, 2.45) is 0 Å². The number of halogens is 2. The second-order valence-electron chi connectivity index (χ2n) is 4.67. The fraction of sp³-hybridized carbons (Fsp3) is 0.125. The lowest BCUT2D eigenvalue weighted by Crippen LogP contribution is -1.99. The minimum Gasteiger partial charge on any atom is -0.493 e. The van der Waals surface area contributed by atoms with E-state index in [-0.39, 0.29) is 5.28 Å². The van der Waals surface area contributed by atoms with Crippen LogP contribution in [0.25, 0.3) is 10.9 Å². The summed E-state index contributed by atoms with van der Waals surface area (Å²) < 4.78 is 11.6. The van der Waals surface area contributed by atoms with Crippen LogP contribution in [0.4, 0.5) is 11.5 Å². The number of benzene rings is 2. The topological polar surface area (TPSA) is 56.3 Å². The summed E-state index contributed by atoms with van der Waals surface area (Å²) in [6, 6.07) is 11.3. The van der Waals surface area contributed by atoms with Crippen LogP contribution in [0, 0.1) is 0 Å². The molecule has 0 fully saturated rings. The van der Waals surface area contributed by atoms with Gasteiger partial charge in [-0.15, -0.1) is 0 Å². The molecule has 0 saturated carbocycles. The highest BCUT2D eigenvalue weighted by Gasteiger charge is 2.13. The van der Waals surface area contributed by atoms with Crippen molar-refractivity contribution in [1.29, 1.82) is 0 Å². The number of methoxy groups -OCH3 is 2. The van der Waals surface area contributed by atoms with Crippen molar-refractivity contribution < 1.29 is 9.47 Å². The Balaban J connectivity index is 2.17. The van der Waals surface area contributed by atoms with E-state index in [1.54, 1.807) is 20.3 Å². The summed E-state index contributed by atoms with van der Waals surface area (Å²) in [6.45, 7) is 0. The van der Waals surface area contributed by atoms with E-state index < -0.39 is 0 Å². The van der Waals surface area contributed by atoms with E-state index in [9.17, 15) is 0 Å². The van der Waals surface area contributed by atoms with E-state index in [1.807, 2.05) is 30.3 Å². The van der Waals surface area contributed by atoms with Crippen LogP contribution in [-0.4, -0.2) is 24.2 Å². The zero-order chi connectivity index (χ0) is 16.4. The molecule has 1 aromatic heterocycles. The Kier molecular flexibility index (Phi) is 4.54. The molecule has 5 nitrogen and oxygen atoms in total. The van der Waals surface area contributed by atoms with Crippen LogP contribution in [0.3, 0.4) is 0 Å². The molecule has 23 heavy (non-hydrogen) atoms. The summed E-state index contributed by atoms with van der Waals surface area (Å²) in [5.41, 5.74) is 1.54. The maximum atomic E-state index is 6.05. The summed E-state index contributed by atoms with van der Waals surface area (Å²) in [5, 5.41) is 4.20. The first kappa shape index (κ1) is 15.8. The van der Waals surface area contributed by atoms with Gasteiger partial charge in [0.25, 0.3) is 0 Å². The Bertz CT molecular complexity index is 873. The van der Waals surface area contributed by atoms with Gasteiger partial charge in [-0.1, -0.05) is 12.1 Å². The van der Waals surface area contributed by atoms with Crippen molar-refractivity contribution in [2.45, 2.75) is 0 Å². The molecule has 7 heteroatoms. The molecule has 1 N–H and O–H groups in total. The summed E-state index contributed by atoms with van der Waals surface area (Å²) in [7, 11) is 3.16. The Morgan fingerprint density at radius 2 is 1.74 bits per heavy atom.